The summed E-state index contributed by atoms with van der Waals surface area (Å²) < 4.78 is 13.1. The summed E-state index contributed by atoms with van der Waals surface area (Å²) in [7, 11) is 1.50. The van der Waals surface area contributed by atoms with Crippen LogP contribution in [0.1, 0.15) is 19.4 Å². The Hall–Kier alpha value is -3.88. The van der Waals surface area contributed by atoms with E-state index in [0.29, 0.717) is 23.1 Å². The molecule has 0 radical (unpaired) electrons. The van der Waals surface area contributed by atoms with Gasteiger partial charge < -0.3 is 14.8 Å². The quantitative estimate of drug-likeness (QED) is 0.639. The number of carbonyl (C=O) groups excluding carboxylic acids is 2. The van der Waals surface area contributed by atoms with Crippen LogP contribution in [0, 0.1) is 12.8 Å². The van der Waals surface area contributed by atoms with Gasteiger partial charge in [0.25, 0.3) is 5.91 Å². The van der Waals surface area contributed by atoms with Crippen molar-refractivity contribution >= 4 is 23.3 Å². The number of rotatable bonds is 6. The van der Waals surface area contributed by atoms with E-state index in [9.17, 15) is 9.59 Å². The van der Waals surface area contributed by atoms with Crippen molar-refractivity contribution in [2.24, 2.45) is 5.92 Å². The van der Waals surface area contributed by atoms with Gasteiger partial charge in [-0.05, 0) is 48.7 Å². The molecule has 32 heavy (non-hydrogen) atoms. The first-order valence-electron chi connectivity index (χ1n) is 10.3. The van der Waals surface area contributed by atoms with E-state index in [-0.39, 0.29) is 24.3 Å². The molecule has 1 aromatic carbocycles. The Morgan fingerprint density at radius 3 is 2.69 bits per heavy atom. The molecule has 1 aliphatic heterocycles. The molecule has 1 N–H and O–H groups in total. The molecule has 2 aromatic heterocycles. The molecule has 166 valence electrons. The fraction of sp³-hybridized carbons (Fsp3) is 0.304. The van der Waals surface area contributed by atoms with E-state index in [1.807, 2.05) is 51.2 Å². The number of methoxy groups -OCH3 is 1. The number of benzene rings is 1. The highest BCUT2D eigenvalue weighted by Crippen LogP contribution is 2.31. The summed E-state index contributed by atoms with van der Waals surface area (Å²) in [6.45, 7) is 5.61. The monoisotopic (exact) mass is 435 g/mol. The fourth-order valence-corrected chi connectivity index (χ4v) is 3.58. The number of pyridine rings is 1. The van der Waals surface area contributed by atoms with Crippen LogP contribution in [-0.2, 0) is 9.59 Å². The predicted octanol–water partition coefficient (Wildman–Crippen LogP) is 2.97. The maximum atomic E-state index is 13.5. The van der Waals surface area contributed by atoms with Crippen molar-refractivity contribution in [3.63, 3.8) is 0 Å². The molecule has 0 fully saturated rings. The highest BCUT2D eigenvalue weighted by atomic mass is 16.5. The van der Waals surface area contributed by atoms with Crippen molar-refractivity contribution < 1.29 is 19.1 Å². The minimum absolute atomic E-state index is 0.143. The van der Waals surface area contributed by atoms with Gasteiger partial charge in [0, 0.05) is 18.5 Å². The molecule has 0 bridgehead atoms. The van der Waals surface area contributed by atoms with Crippen LogP contribution >= 0.6 is 0 Å². The molecule has 1 atom stereocenters. The first kappa shape index (κ1) is 21.4. The molecular formula is C23H25N5O4. The number of anilines is 2. The first-order chi connectivity index (χ1) is 15.4. The van der Waals surface area contributed by atoms with Gasteiger partial charge in [-0.15, -0.1) is 0 Å². The average Bonchev–Trinajstić information content (AvgIpc) is 3.30. The van der Waals surface area contributed by atoms with Crippen LogP contribution in [0.5, 0.6) is 11.6 Å². The molecule has 9 nitrogen and oxygen atoms in total. The third-order valence-corrected chi connectivity index (χ3v) is 5.19. The number of nitrogens with zero attached hydrogens (tertiary/aromatic N) is 4. The van der Waals surface area contributed by atoms with Gasteiger partial charge in [-0.1, -0.05) is 13.8 Å². The number of nitrogens with one attached hydrogen (secondary N) is 1. The van der Waals surface area contributed by atoms with Crippen molar-refractivity contribution in [3.05, 3.63) is 54.4 Å². The Bertz CT molecular complexity index is 1140. The number of carbonyl (C=O) groups is 2. The van der Waals surface area contributed by atoms with E-state index < -0.39 is 6.10 Å². The summed E-state index contributed by atoms with van der Waals surface area (Å²) in [5, 5.41) is 7.00. The van der Waals surface area contributed by atoms with Gasteiger partial charge in [0.1, 0.15) is 12.3 Å². The minimum atomic E-state index is -0.809. The number of aryl methyl sites for hydroxylation is 1. The van der Waals surface area contributed by atoms with Crippen LogP contribution in [-0.4, -0.2) is 46.3 Å². The summed E-state index contributed by atoms with van der Waals surface area (Å²) >= 11 is 0. The number of hydrogen-bond donors (Lipinski definition) is 1. The number of hydrogen-bond acceptors (Lipinski definition) is 6. The molecule has 0 aliphatic carbocycles. The van der Waals surface area contributed by atoms with Crippen LogP contribution < -0.4 is 19.7 Å². The minimum Gasteiger partial charge on any atom is -0.481 e. The lowest BCUT2D eigenvalue weighted by Crippen LogP contribution is -2.50. The van der Waals surface area contributed by atoms with Crippen molar-refractivity contribution in [2.45, 2.75) is 26.9 Å². The molecule has 4 rings (SSSR count). The van der Waals surface area contributed by atoms with Gasteiger partial charge >= 0.3 is 0 Å². The fourth-order valence-electron chi connectivity index (χ4n) is 3.58. The van der Waals surface area contributed by atoms with Gasteiger partial charge in [0.15, 0.2) is 11.9 Å². The van der Waals surface area contributed by atoms with Crippen LogP contribution in [0.15, 0.2) is 48.8 Å². The van der Waals surface area contributed by atoms with E-state index in [4.69, 9.17) is 9.47 Å². The van der Waals surface area contributed by atoms with E-state index >= 15 is 0 Å². The highest BCUT2D eigenvalue weighted by molar-refractivity contribution is 6.10. The average molecular weight is 435 g/mol. The van der Waals surface area contributed by atoms with E-state index in [0.717, 1.165) is 11.3 Å². The highest BCUT2D eigenvalue weighted by Gasteiger charge is 2.36. The van der Waals surface area contributed by atoms with Crippen molar-refractivity contribution in [3.8, 4) is 17.3 Å². The second kappa shape index (κ2) is 8.70. The molecule has 0 saturated heterocycles. The summed E-state index contributed by atoms with van der Waals surface area (Å²) in [5.74, 6) is 0.474. The molecule has 2 amide bonds. The van der Waals surface area contributed by atoms with Crippen molar-refractivity contribution in [1.29, 1.82) is 0 Å². The number of aromatic nitrogens is 3. The van der Waals surface area contributed by atoms with Gasteiger partial charge in [0.2, 0.25) is 11.8 Å². The Labute approximate surface area is 186 Å². The lowest BCUT2D eigenvalue weighted by atomic mass is 10.0. The zero-order chi connectivity index (χ0) is 22.8. The first-order valence-corrected chi connectivity index (χ1v) is 10.3. The molecule has 0 spiro atoms. The molecular weight excluding hydrogens is 410 g/mol. The van der Waals surface area contributed by atoms with Gasteiger partial charge in [0.05, 0.1) is 18.5 Å². The SMILES string of the molecule is COc1ccc2c(n1)N(C(=O)C(Oc1ccc(-n3cccn3)c(C)c1)C(C)C)CC(=O)N2. The zero-order valence-corrected chi connectivity index (χ0v) is 18.4. The largest absolute Gasteiger partial charge is 0.481 e. The molecule has 9 heteroatoms. The van der Waals surface area contributed by atoms with Crippen molar-refractivity contribution in [1.82, 2.24) is 14.8 Å². The van der Waals surface area contributed by atoms with E-state index in [1.165, 1.54) is 12.0 Å². The van der Waals surface area contributed by atoms with E-state index in [2.05, 4.69) is 15.4 Å². The topological polar surface area (TPSA) is 98.6 Å². The van der Waals surface area contributed by atoms with Gasteiger partial charge in [-0.2, -0.15) is 10.1 Å². The third kappa shape index (κ3) is 4.14. The Kier molecular flexibility index (Phi) is 5.81. The van der Waals surface area contributed by atoms with Crippen molar-refractivity contribution in [2.75, 3.05) is 23.9 Å². The van der Waals surface area contributed by atoms with E-state index in [1.54, 1.807) is 23.0 Å². The summed E-state index contributed by atoms with van der Waals surface area (Å²) in [5.41, 5.74) is 2.33. The number of ether oxygens (including phenoxy) is 2. The summed E-state index contributed by atoms with van der Waals surface area (Å²) in [4.78, 5) is 31.5. The molecule has 1 aliphatic rings. The maximum absolute atomic E-state index is 13.5. The smallest absolute Gasteiger partial charge is 0.270 e. The molecule has 1 unspecified atom stereocenters. The Morgan fingerprint density at radius 2 is 2.03 bits per heavy atom. The number of amides is 2. The standard InChI is InChI=1S/C23H25N5O4/c1-14(2)21(32-16-6-8-18(15(3)12-16)28-11-5-10-24-28)23(30)27-13-19(29)25-17-7-9-20(31-4)26-22(17)27/h5-12,14,21H,13H2,1-4H3,(H,25,29). The van der Waals surface area contributed by atoms with Crippen LogP contribution in [0.3, 0.4) is 0 Å². The van der Waals surface area contributed by atoms with Crippen LogP contribution in [0.4, 0.5) is 11.5 Å². The molecule has 0 saturated carbocycles. The lowest BCUT2D eigenvalue weighted by Gasteiger charge is -2.32. The van der Waals surface area contributed by atoms with Crippen LogP contribution in [0.2, 0.25) is 0 Å². The Morgan fingerprint density at radius 1 is 1.22 bits per heavy atom. The summed E-state index contributed by atoms with van der Waals surface area (Å²) in [6.07, 6.45) is 2.77. The second-order valence-corrected chi connectivity index (χ2v) is 7.88. The third-order valence-electron chi connectivity index (χ3n) is 5.19. The molecule has 3 aromatic rings. The number of fused-ring (bicyclic) bond motifs is 1. The van der Waals surface area contributed by atoms with Gasteiger partial charge in [-0.3, -0.25) is 14.5 Å². The van der Waals surface area contributed by atoms with Crippen LogP contribution in [0.25, 0.3) is 5.69 Å². The Balaban J connectivity index is 1.62. The molecule has 3 heterocycles. The lowest BCUT2D eigenvalue weighted by molar-refractivity contribution is -0.128. The normalized spacial score (nSPS) is 14.0. The maximum Gasteiger partial charge on any atom is 0.270 e. The zero-order valence-electron chi connectivity index (χ0n) is 18.4. The predicted molar refractivity (Wildman–Crippen MR) is 119 cm³/mol. The van der Waals surface area contributed by atoms with Gasteiger partial charge in [-0.25, -0.2) is 4.68 Å². The summed E-state index contributed by atoms with van der Waals surface area (Å²) in [6, 6.07) is 10.7. The second-order valence-electron chi connectivity index (χ2n) is 7.88.